The topological polar surface area (TPSA) is 84.3 Å². The largest absolute Gasteiger partial charge is 0.476 e. The highest BCUT2D eigenvalue weighted by atomic mass is 16.5. The van der Waals surface area contributed by atoms with E-state index in [0.29, 0.717) is 24.7 Å². The van der Waals surface area contributed by atoms with Gasteiger partial charge in [0.2, 0.25) is 11.8 Å². The summed E-state index contributed by atoms with van der Waals surface area (Å²) >= 11 is 0. The summed E-state index contributed by atoms with van der Waals surface area (Å²) in [5, 5.41) is 11.0. The van der Waals surface area contributed by atoms with Crippen LogP contribution in [0.4, 0.5) is 5.82 Å². The number of anilines is 1. The van der Waals surface area contributed by atoms with Crippen LogP contribution in [0.25, 0.3) is 0 Å². The zero-order chi connectivity index (χ0) is 13.1. The van der Waals surface area contributed by atoms with E-state index < -0.39 is 0 Å². The van der Waals surface area contributed by atoms with Crippen LogP contribution in [0.15, 0.2) is 12.4 Å². The number of ether oxygens (including phenoxy) is 1. The molecule has 17 heavy (non-hydrogen) atoms. The van der Waals surface area contributed by atoms with Crippen LogP contribution in [-0.4, -0.2) is 34.2 Å². The number of nitrogens with zero attached hydrogens (tertiary/aromatic N) is 2. The Morgan fingerprint density at radius 3 is 2.76 bits per heavy atom. The third kappa shape index (κ3) is 7.24. The molecule has 1 aromatic heterocycles. The van der Waals surface area contributed by atoms with Crippen molar-refractivity contribution < 1.29 is 14.6 Å². The molecule has 1 rings (SSSR count). The van der Waals surface area contributed by atoms with Gasteiger partial charge in [-0.2, -0.15) is 4.98 Å². The molecule has 96 valence electrons. The molecular formula is C11H19N3O3. The Kier molecular flexibility index (Phi) is 8.58. The van der Waals surface area contributed by atoms with Crippen LogP contribution >= 0.6 is 0 Å². The highest BCUT2D eigenvalue weighted by Crippen LogP contribution is 2.08. The first-order chi connectivity index (χ1) is 8.22. The normalized spacial score (nSPS) is 8.94. The fourth-order valence-electron chi connectivity index (χ4n) is 0.899. The van der Waals surface area contributed by atoms with Crippen molar-refractivity contribution in [3.63, 3.8) is 0 Å². The van der Waals surface area contributed by atoms with Gasteiger partial charge in [0.15, 0.2) is 5.82 Å². The van der Waals surface area contributed by atoms with Crippen LogP contribution in [0.5, 0.6) is 5.88 Å². The van der Waals surface area contributed by atoms with Gasteiger partial charge in [0, 0.05) is 20.0 Å². The van der Waals surface area contributed by atoms with E-state index in [0.717, 1.165) is 0 Å². The van der Waals surface area contributed by atoms with Crippen molar-refractivity contribution in [2.75, 3.05) is 18.5 Å². The molecule has 0 aliphatic heterocycles. The van der Waals surface area contributed by atoms with Crippen LogP contribution in [-0.2, 0) is 4.79 Å². The molecule has 0 aliphatic rings. The standard InChI is InChI=1S/C9H13N3O3.C2H6/c1-7(14)11-8-5-10-6-9(12-8)15-4-2-3-13;1-2/h5-6,13H,2-4H2,1H3,(H,11,12,14);1-2H3. The van der Waals surface area contributed by atoms with E-state index in [1.54, 1.807) is 0 Å². The molecular weight excluding hydrogens is 222 g/mol. The Bertz CT molecular complexity index is 331. The molecule has 0 aliphatic carbocycles. The van der Waals surface area contributed by atoms with Crippen LogP contribution in [0.1, 0.15) is 27.2 Å². The molecule has 0 unspecified atom stereocenters. The Labute approximate surface area is 101 Å². The van der Waals surface area contributed by atoms with Crippen molar-refractivity contribution in [3.8, 4) is 5.88 Å². The van der Waals surface area contributed by atoms with E-state index in [1.165, 1.54) is 19.3 Å². The van der Waals surface area contributed by atoms with Gasteiger partial charge >= 0.3 is 0 Å². The fourth-order valence-corrected chi connectivity index (χ4v) is 0.899. The Balaban J connectivity index is 0.00000121. The van der Waals surface area contributed by atoms with Crippen molar-refractivity contribution >= 4 is 11.7 Å². The lowest BCUT2D eigenvalue weighted by Crippen LogP contribution is -2.09. The maximum atomic E-state index is 10.7. The summed E-state index contributed by atoms with van der Waals surface area (Å²) < 4.78 is 5.18. The molecule has 0 fully saturated rings. The Morgan fingerprint density at radius 1 is 1.47 bits per heavy atom. The van der Waals surface area contributed by atoms with Gasteiger partial charge in [0.1, 0.15) is 0 Å². The molecule has 6 heteroatoms. The number of hydrogen-bond acceptors (Lipinski definition) is 5. The van der Waals surface area contributed by atoms with Crippen LogP contribution in [0, 0.1) is 0 Å². The second-order valence-corrected chi connectivity index (χ2v) is 2.85. The second-order valence-electron chi connectivity index (χ2n) is 2.85. The van der Waals surface area contributed by atoms with E-state index in [1.807, 2.05) is 13.8 Å². The summed E-state index contributed by atoms with van der Waals surface area (Å²) in [7, 11) is 0. The quantitative estimate of drug-likeness (QED) is 0.757. The summed E-state index contributed by atoms with van der Waals surface area (Å²) in [6.45, 7) is 5.83. The van der Waals surface area contributed by atoms with Crippen molar-refractivity contribution in [1.82, 2.24) is 9.97 Å². The minimum absolute atomic E-state index is 0.0683. The Morgan fingerprint density at radius 2 is 2.18 bits per heavy atom. The fraction of sp³-hybridized carbons (Fsp3) is 0.545. The zero-order valence-electron chi connectivity index (χ0n) is 10.4. The number of nitrogens with one attached hydrogen (secondary N) is 1. The van der Waals surface area contributed by atoms with Crippen molar-refractivity contribution in [2.45, 2.75) is 27.2 Å². The predicted octanol–water partition coefficient (Wildman–Crippen LogP) is 1.22. The third-order valence-electron chi connectivity index (χ3n) is 1.47. The molecule has 1 amide bonds. The van der Waals surface area contributed by atoms with Gasteiger partial charge < -0.3 is 15.2 Å². The number of carbonyl (C=O) groups excluding carboxylic acids is 1. The van der Waals surface area contributed by atoms with Gasteiger partial charge in [-0.1, -0.05) is 13.8 Å². The lowest BCUT2D eigenvalue weighted by Gasteiger charge is -2.05. The number of carbonyl (C=O) groups is 1. The summed E-state index contributed by atoms with van der Waals surface area (Å²) in [4.78, 5) is 18.6. The monoisotopic (exact) mass is 241 g/mol. The maximum Gasteiger partial charge on any atom is 0.234 e. The SMILES string of the molecule is CC.CC(=O)Nc1cncc(OCCCO)n1. The molecule has 0 atom stereocenters. The molecule has 6 nitrogen and oxygen atoms in total. The summed E-state index contributed by atoms with van der Waals surface area (Å²) in [6.07, 6.45) is 3.41. The summed E-state index contributed by atoms with van der Waals surface area (Å²) in [5.41, 5.74) is 0. The number of aliphatic hydroxyl groups is 1. The number of amides is 1. The molecule has 2 N–H and O–H groups in total. The Hall–Kier alpha value is -1.69. The van der Waals surface area contributed by atoms with E-state index >= 15 is 0 Å². The van der Waals surface area contributed by atoms with Crippen molar-refractivity contribution in [3.05, 3.63) is 12.4 Å². The number of rotatable bonds is 5. The molecule has 0 radical (unpaired) electrons. The van der Waals surface area contributed by atoms with Crippen molar-refractivity contribution in [2.24, 2.45) is 0 Å². The van der Waals surface area contributed by atoms with Gasteiger partial charge in [-0.15, -0.1) is 0 Å². The average molecular weight is 241 g/mol. The first kappa shape index (κ1) is 15.3. The first-order valence-corrected chi connectivity index (χ1v) is 5.55. The number of hydrogen-bond donors (Lipinski definition) is 2. The molecule has 0 spiro atoms. The molecule has 0 saturated carbocycles. The van der Waals surface area contributed by atoms with E-state index in [-0.39, 0.29) is 12.5 Å². The lowest BCUT2D eigenvalue weighted by molar-refractivity contribution is -0.114. The smallest absolute Gasteiger partial charge is 0.234 e. The zero-order valence-corrected chi connectivity index (χ0v) is 10.4. The predicted molar refractivity (Wildman–Crippen MR) is 64.9 cm³/mol. The van der Waals surface area contributed by atoms with Gasteiger partial charge in [0.05, 0.1) is 19.0 Å². The maximum absolute atomic E-state index is 10.7. The molecule has 1 aromatic rings. The van der Waals surface area contributed by atoms with Crippen LogP contribution in [0.2, 0.25) is 0 Å². The highest BCUT2D eigenvalue weighted by molar-refractivity contribution is 5.87. The van der Waals surface area contributed by atoms with Crippen LogP contribution < -0.4 is 10.1 Å². The number of aliphatic hydroxyl groups excluding tert-OH is 1. The van der Waals surface area contributed by atoms with Crippen LogP contribution in [0.3, 0.4) is 0 Å². The van der Waals surface area contributed by atoms with Gasteiger partial charge in [-0.25, -0.2) is 0 Å². The second kappa shape index (κ2) is 9.53. The first-order valence-electron chi connectivity index (χ1n) is 5.55. The minimum Gasteiger partial charge on any atom is -0.476 e. The van der Waals surface area contributed by atoms with Gasteiger partial charge in [-0.05, 0) is 0 Å². The van der Waals surface area contributed by atoms with E-state index in [2.05, 4.69) is 15.3 Å². The third-order valence-corrected chi connectivity index (χ3v) is 1.47. The molecule has 1 heterocycles. The summed E-state index contributed by atoms with van der Waals surface area (Å²) in [6, 6.07) is 0. The van der Waals surface area contributed by atoms with Crippen molar-refractivity contribution in [1.29, 1.82) is 0 Å². The molecule has 0 saturated heterocycles. The highest BCUT2D eigenvalue weighted by Gasteiger charge is 2.00. The van der Waals surface area contributed by atoms with E-state index in [9.17, 15) is 4.79 Å². The molecule has 0 bridgehead atoms. The van der Waals surface area contributed by atoms with Gasteiger partial charge in [0.25, 0.3) is 0 Å². The van der Waals surface area contributed by atoms with Gasteiger partial charge in [-0.3, -0.25) is 9.78 Å². The minimum atomic E-state index is -0.211. The molecule has 0 aromatic carbocycles. The lowest BCUT2D eigenvalue weighted by atomic mass is 10.5. The average Bonchev–Trinajstić information content (AvgIpc) is 2.32. The number of aromatic nitrogens is 2. The summed E-state index contributed by atoms with van der Waals surface area (Å²) in [5.74, 6) is 0.468. The van der Waals surface area contributed by atoms with E-state index in [4.69, 9.17) is 9.84 Å².